The molecule has 0 N–H and O–H groups in total. The van der Waals surface area contributed by atoms with Crippen LogP contribution in [0.25, 0.3) is 0 Å². The number of hydrogen-bond donors (Lipinski definition) is 0. The molecule has 2 rings (SSSR count). The highest BCUT2D eigenvalue weighted by Crippen LogP contribution is 2.22. The predicted molar refractivity (Wildman–Crippen MR) is 71.4 cm³/mol. The third-order valence-corrected chi connectivity index (χ3v) is 3.98. The SMILES string of the molecule is C[N+]1(CCOPOc2ccccc2)CCCC1. The summed E-state index contributed by atoms with van der Waals surface area (Å²) in [6, 6.07) is 9.82. The summed E-state index contributed by atoms with van der Waals surface area (Å²) in [5, 5.41) is 0. The molecule has 1 unspecified atom stereocenters. The molecule has 0 radical (unpaired) electrons. The molecule has 94 valence electrons. The van der Waals surface area contributed by atoms with Gasteiger partial charge in [0.1, 0.15) is 18.9 Å². The van der Waals surface area contributed by atoms with Gasteiger partial charge in [-0.2, -0.15) is 0 Å². The first kappa shape index (κ1) is 12.8. The number of rotatable bonds is 6. The Morgan fingerprint density at radius 1 is 1.18 bits per heavy atom. The van der Waals surface area contributed by atoms with E-state index in [4.69, 9.17) is 9.05 Å². The average molecular weight is 254 g/mol. The molecule has 1 saturated heterocycles. The van der Waals surface area contributed by atoms with Crippen molar-refractivity contribution in [2.75, 3.05) is 33.3 Å². The smallest absolute Gasteiger partial charge is 0.215 e. The Bertz CT molecular complexity index is 325. The predicted octanol–water partition coefficient (Wildman–Crippen LogP) is 2.83. The lowest BCUT2D eigenvalue weighted by atomic mass is 10.3. The first-order valence-electron chi connectivity index (χ1n) is 6.21. The Kier molecular flexibility index (Phi) is 4.78. The second-order valence-corrected chi connectivity index (χ2v) is 5.50. The van der Waals surface area contributed by atoms with Crippen LogP contribution in [0.2, 0.25) is 0 Å². The number of quaternary nitrogens is 1. The van der Waals surface area contributed by atoms with E-state index >= 15 is 0 Å². The highest BCUT2D eigenvalue weighted by Gasteiger charge is 2.25. The van der Waals surface area contributed by atoms with Crippen molar-refractivity contribution in [3.8, 4) is 5.75 Å². The van der Waals surface area contributed by atoms with Gasteiger partial charge < -0.3 is 13.5 Å². The zero-order valence-electron chi connectivity index (χ0n) is 10.4. The van der Waals surface area contributed by atoms with E-state index in [1.165, 1.54) is 25.9 Å². The van der Waals surface area contributed by atoms with Crippen LogP contribution >= 0.6 is 9.03 Å². The molecule has 1 heterocycles. The van der Waals surface area contributed by atoms with Crippen LogP contribution in [0.4, 0.5) is 0 Å². The van der Waals surface area contributed by atoms with Gasteiger partial charge in [0.15, 0.2) is 0 Å². The maximum atomic E-state index is 5.55. The maximum absolute atomic E-state index is 5.55. The first-order chi connectivity index (χ1) is 8.29. The number of likely N-dealkylation sites (tertiary alicyclic amines) is 1. The van der Waals surface area contributed by atoms with Gasteiger partial charge in [0.25, 0.3) is 0 Å². The fraction of sp³-hybridized carbons (Fsp3) is 0.538. The van der Waals surface area contributed by atoms with Crippen molar-refractivity contribution in [1.29, 1.82) is 0 Å². The normalized spacial score (nSPS) is 18.9. The molecule has 0 saturated carbocycles. The van der Waals surface area contributed by atoms with Gasteiger partial charge in [-0.3, -0.25) is 0 Å². The first-order valence-corrected chi connectivity index (χ1v) is 7.02. The maximum Gasteiger partial charge on any atom is 0.215 e. The molecule has 1 fully saturated rings. The summed E-state index contributed by atoms with van der Waals surface area (Å²) in [6.07, 6.45) is 2.72. The van der Waals surface area contributed by atoms with Gasteiger partial charge in [-0.25, -0.2) is 0 Å². The molecule has 4 heteroatoms. The van der Waals surface area contributed by atoms with Crippen molar-refractivity contribution in [1.82, 2.24) is 0 Å². The third-order valence-electron chi connectivity index (χ3n) is 3.34. The van der Waals surface area contributed by atoms with Crippen LogP contribution in [0.5, 0.6) is 5.75 Å². The lowest BCUT2D eigenvalue weighted by molar-refractivity contribution is -0.897. The zero-order valence-corrected chi connectivity index (χ0v) is 11.4. The van der Waals surface area contributed by atoms with E-state index < -0.39 is 0 Å². The van der Waals surface area contributed by atoms with Crippen LogP contribution in [-0.4, -0.2) is 37.8 Å². The Morgan fingerprint density at radius 3 is 2.59 bits per heavy atom. The summed E-state index contributed by atoms with van der Waals surface area (Å²) in [7, 11) is 2.43. The van der Waals surface area contributed by atoms with Gasteiger partial charge in [0.05, 0.1) is 20.1 Å². The van der Waals surface area contributed by atoms with Crippen molar-refractivity contribution in [3.63, 3.8) is 0 Å². The molecule has 3 nitrogen and oxygen atoms in total. The number of para-hydroxylation sites is 1. The van der Waals surface area contributed by atoms with Crippen LogP contribution in [-0.2, 0) is 4.52 Å². The second-order valence-electron chi connectivity index (χ2n) is 4.84. The van der Waals surface area contributed by atoms with Gasteiger partial charge in [-0.05, 0) is 12.1 Å². The molecular weight excluding hydrogens is 233 g/mol. The van der Waals surface area contributed by atoms with E-state index in [1.807, 2.05) is 30.3 Å². The number of benzene rings is 1. The molecular formula is C13H21NO2P+. The van der Waals surface area contributed by atoms with E-state index in [2.05, 4.69) is 7.05 Å². The highest BCUT2D eigenvalue weighted by atomic mass is 31.1. The minimum atomic E-state index is 0.109. The van der Waals surface area contributed by atoms with E-state index in [-0.39, 0.29) is 9.03 Å². The van der Waals surface area contributed by atoms with Crippen LogP contribution in [0.1, 0.15) is 12.8 Å². The summed E-state index contributed by atoms with van der Waals surface area (Å²) >= 11 is 0. The lowest BCUT2D eigenvalue weighted by Gasteiger charge is -2.28. The van der Waals surface area contributed by atoms with Crippen molar-refractivity contribution in [3.05, 3.63) is 30.3 Å². The third kappa shape index (κ3) is 4.27. The molecule has 1 aliphatic heterocycles. The quantitative estimate of drug-likeness (QED) is 0.441. The Morgan fingerprint density at radius 2 is 1.88 bits per heavy atom. The highest BCUT2D eigenvalue weighted by molar-refractivity contribution is 7.26. The van der Waals surface area contributed by atoms with Crippen molar-refractivity contribution in [2.24, 2.45) is 0 Å². The number of nitrogens with zero attached hydrogens (tertiary/aromatic N) is 1. The van der Waals surface area contributed by atoms with Gasteiger partial charge in [-0.1, -0.05) is 18.2 Å². The minimum absolute atomic E-state index is 0.109. The summed E-state index contributed by atoms with van der Waals surface area (Å²) in [6.45, 7) is 4.49. The van der Waals surface area contributed by atoms with Gasteiger partial charge in [0.2, 0.25) is 9.03 Å². The molecule has 1 aromatic rings. The van der Waals surface area contributed by atoms with Gasteiger partial charge in [-0.15, -0.1) is 0 Å². The van der Waals surface area contributed by atoms with E-state index in [9.17, 15) is 0 Å². The minimum Gasteiger partial charge on any atom is -0.450 e. The largest absolute Gasteiger partial charge is 0.450 e. The molecule has 0 aliphatic carbocycles. The number of hydrogen-bond acceptors (Lipinski definition) is 2. The molecule has 17 heavy (non-hydrogen) atoms. The molecule has 0 aromatic heterocycles. The van der Waals surface area contributed by atoms with Gasteiger partial charge in [0, 0.05) is 12.8 Å². The molecule has 0 bridgehead atoms. The van der Waals surface area contributed by atoms with Crippen LogP contribution in [0, 0.1) is 0 Å². The standard InChI is InChI=1S/C13H21NO2P/c1-14(9-5-6-10-14)11-12-15-17-16-13-7-3-2-4-8-13/h2-4,7-8,17H,5-6,9-12H2,1H3/q+1. The summed E-state index contributed by atoms with van der Waals surface area (Å²) in [5.74, 6) is 0.882. The molecule has 0 amide bonds. The van der Waals surface area contributed by atoms with Crippen LogP contribution < -0.4 is 4.52 Å². The molecule has 1 atom stereocenters. The molecule has 0 spiro atoms. The van der Waals surface area contributed by atoms with E-state index in [1.54, 1.807) is 0 Å². The van der Waals surface area contributed by atoms with Crippen LogP contribution in [0.3, 0.4) is 0 Å². The fourth-order valence-corrected chi connectivity index (χ4v) is 2.66. The summed E-state index contributed by atoms with van der Waals surface area (Å²) < 4.78 is 12.2. The monoisotopic (exact) mass is 254 g/mol. The second kappa shape index (κ2) is 6.34. The molecule has 1 aromatic carbocycles. The Labute approximate surface area is 105 Å². The Hall–Kier alpha value is -0.630. The Balaban J connectivity index is 1.58. The topological polar surface area (TPSA) is 18.5 Å². The van der Waals surface area contributed by atoms with Crippen LogP contribution in [0.15, 0.2) is 30.3 Å². The average Bonchev–Trinajstić information content (AvgIpc) is 2.77. The van der Waals surface area contributed by atoms with Crippen molar-refractivity contribution < 1.29 is 13.5 Å². The van der Waals surface area contributed by atoms with Crippen molar-refractivity contribution in [2.45, 2.75) is 12.8 Å². The van der Waals surface area contributed by atoms with Gasteiger partial charge >= 0.3 is 0 Å². The fourth-order valence-electron chi connectivity index (χ4n) is 2.20. The van der Waals surface area contributed by atoms with E-state index in [0.29, 0.717) is 0 Å². The lowest BCUT2D eigenvalue weighted by Crippen LogP contribution is -2.43. The van der Waals surface area contributed by atoms with Crippen molar-refractivity contribution >= 4 is 9.03 Å². The molecule has 1 aliphatic rings. The summed E-state index contributed by atoms with van der Waals surface area (Å²) in [4.78, 5) is 0. The van der Waals surface area contributed by atoms with E-state index in [0.717, 1.165) is 23.4 Å². The zero-order chi connectivity index (χ0) is 12.0. The summed E-state index contributed by atoms with van der Waals surface area (Å²) in [5.41, 5.74) is 0. The number of likely N-dealkylation sites (N-methyl/N-ethyl adjacent to an activating group) is 1.